The highest BCUT2D eigenvalue weighted by Gasteiger charge is 2.24. The number of fused-ring (bicyclic) bond motifs is 1. The monoisotopic (exact) mass is 458 g/mol. The molecule has 0 bridgehead atoms. The molecule has 1 N–H and O–H groups in total. The summed E-state index contributed by atoms with van der Waals surface area (Å²) in [6.45, 7) is -0.383. The number of ether oxygens (including phenoxy) is 1. The van der Waals surface area contributed by atoms with Crippen molar-refractivity contribution in [3.63, 3.8) is 0 Å². The molecule has 0 spiro atoms. The van der Waals surface area contributed by atoms with Gasteiger partial charge in [0.1, 0.15) is 0 Å². The largest absolute Gasteiger partial charge is 0.450 e. The zero-order valence-corrected chi connectivity index (χ0v) is 18.6. The Hall–Kier alpha value is -3.78. The summed E-state index contributed by atoms with van der Waals surface area (Å²) in [5.74, 6) is -0.614. The van der Waals surface area contributed by atoms with Crippen molar-refractivity contribution in [2.75, 3.05) is 6.61 Å². The fourth-order valence-electron chi connectivity index (χ4n) is 4.05. The average Bonchev–Trinajstić information content (AvgIpc) is 3.54. The highest BCUT2D eigenvalue weighted by Crippen LogP contribution is 2.29. The van der Waals surface area contributed by atoms with Gasteiger partial charge < -0.3 is 10.1 Å². The third-order valence-corrected chi connectivity index (χ3v) is 6.44. The van der Waals surface area contributed by atoms with E-state index in [9.17, 15) is 9.59 Å². The number of hydrogen-bond donors (Lipinski definition) is 1. The van der Waals surface area contributed by atoms with Crippen LogP contribution in [0.3, 0.4) is 0 Å². The van der Waals surface area contributed by atoms with Gasteiger partial charge in [0.15, 0.2) is 12.4 Å². The fourth-order valence-corrected chi connectivity index (χ4v) is 4.75. The van der Waals surface area contributed by atoms with E-state index in [4.69, 9.17) is 4.74 Å². The minimum atomic E-state index is -0.735. The molecule has 5 rings (SSSR count). The van der Waals surface area contributed by atoms with Crippen LogP contribution in [-0.4, -0.2) is 33.2 Å². The number of hydrogen-bond acceptors (Lipinski definition) is 6. The van der Waals surface area contributed by atoms with Gasteiger partial charge in [-0.15, -0.1) is 16.4 Å². The number of thiophene rings is 1. The number of nitrogens with zero attached hydrogens (tertiary/aromatic N) is 3. The van der Waals surface area contributed by atoms with Gasteiger partial charge in [-0.05, 0) is 54.0 Å². The summed E-state index contributed by atoms with van der Waals surface area (Å²) in [6, 6.07) is 21.3. The van der Waals surface area contributed by atoms with Crippen LogP contribution >= 0.6 is 11.3 Å². The maximum atomic E-state index is 12.7. The first-order valence-corrected chi connectivity index (χ1v) is 11.7. The molecule has 4 aromatic rings. The molecule has 166 valence electrons. The second-order valence-corrected chi connectivity index (χ2v) is 8.72. The Morgan fingerprint density at radius 3 is 2.70 bits per heavy atom. The molecule has 0 saturated heterocycles. The van der Waals surface area contributed by atoms with Gasteiger partial charge in [-0.3, -0.25) is 4.79 Å². The molecule has 2 aromatic carbocycles. The van der Waals surface area contributed by atoms with E-state index in [2.05, 4.69) is 21.5 Å². The van der Waals surface area contributed by atoms with Gasteiger partial charge in [-0.25, -0.2) is 9.48 Å². The number of benzene rings is 2. The summed E-state index contributed by atoms with van der Waals surface area (Å²) in [4.78, 5) is 30.5. The van der Waals surface area contributed by atoms with Crippen LogP contribution in [0.25, 0.3) is 16.4 Å². The van der Waals surface area contributed by atoms with E-state index in [1.165, 1.54) is 16.9 Å². The Morgan fingerprint density at radius 1 is 1.06 bits per heavy atom. The normalized spacial score (nSPS) is 15.0. The van der Waals surface area contributed by atoms with E-state index < -0.39 is 5.97 Å². The highest BCUT2D eigenvalue weighted by atomic mass is 32.1. The van der Waals surface area contributed by atoms with Crippen LogP contribution in [0.2, 0.25) is 0 Å². The SMILES string of the molecule is O=C(COC(=O)c1nc(-c2cccs2)n(-c2ccccc2)n1)NC1CCCc2ccccc21. The summed E-state index contributed by atoms with van der Waals surface area (Å²) in [5.41, 5.74) is 3.16. The second-order valence-electron chi connectivity index (χ2n) is 7.77. The number of carbonyl (C=O) groups excluding carboxylic acids is 2. The smallest absolute Gasteiger partial charge is 0.378 e. The third kappa shape index (κ3) is 4.56. The van der Waals surface area contributed by atoms with E-state index in [1.54, 1.807) is 4.68 Å². The number of aryl methyl sites for hydroxylation is 1. The van der Waals surface area contributed by atoms with Gasteiger partial charge in [0.25, 0.3) is 11.7 Å². The van der Waals surface area contributed by atoms with Crippen molar-refractivity contribution in [1.29, 1.82) is 0 Å². The van der Waals surface area contributed by atoms with Crippen LogP contribution in [0, 0.1) is 0 Å². The molecule has 33 heavy (non-hydrogen) atoms. The predicted octanol–water partition coefficient (Wildman–Crippen LogP) is 4.35. The molecule has 0 aliphatic heterocycles. The second kappa shape index (κ2) is 9.38. The lowest BCUT2D eigenvalue weighted by Crippen LogP contribution is -2.34. The van der Waals surface area contributed by atoms with Crippen LogP contribution < -0.4 is 5.32 Å². The quantitative estimate of drug-likeness (QED) is 0.434. The maximum absolute atomic E-state index is 12.7. The van der Waals surface area contributed by atoms with Crippen molar-refractivity contribution in [2.24, 2.45) is 0 Å². The molecule has 1 atom stereocenters. The standard InChI is InChI=1S/C25H22N4O3S/c30-22(26-20-13-6-9-17-8-4-5-12-19(17)20)16-32-25(31)23-27-24(21-14-7-15-33-21)29(28-23)18-10-2-1-3-11-18/h1-5,7-8,10-12,14-15,20H,6,9,13,16H2,(H,26,30). The molecular weight excluding hydrogens is 436 g/mol. The van der Waals surface area contributed by atoms with Crippen LogP contribution in [-0.2, 0) is 16.0 Å². The lowest BCUT2D eigenvalue weighted by Gasteiger charge is -2.26. The Bertz CT molecular complexity index is 1270. The minimum absolute atomic E-state index is 0.0676. The van der Waals surface area contributed by atoms with Crippen LogP contribution in [0.4, 0.5) is 0 Å². The molecular formula is C25H22N4O3S. The van der Waals surface area contributed by atoms with Gasteiger partial charge in [-0.1, -0.05) is 48.5 Å². The molecule has 8 heteroatoms. The van der Waals surface area contributed by atoms with Crippen molar-refractivity contribution in [1.82, 2.24) is 20.1 Å². The molecule has 1 aliphatic rings. The topological polar surface area (TPSA) is 86.1 Å². The van der Waals surface area contributed by atoms with Gasteiger partial charge in [0.2, 0.25) is 0 Å². The molecule has 2 aromatic heterocycles. The van der Waals surface area contributed by atoms with Crippen LogP contribution in [0.15, 0.2) is 72.1 Å². The van der Waals surface area contributed by atoms with E-state index in [0.29, 0.717) is 5.82 Å². The minimum Gasteiger partial charge on any atom is -0.450 e. The lowest BCUT2D eigenvalue weighted by molar-refractivity contribution is -0.125. The number of nitrogens with one attached hydrogen (secondary N) is 1. The molecule has 0 fully saturated rings. The Kier molecular flexibility index (Phi) is 5.99. The van der Waals surface area contributed by atoms with E-state index >= 15 is 0 Å². The maximum Gasteiger partial charge on any atom is 0.378 e. The van der Waals surface area contributed by atoms with Crippen LogP contribution in [0.5, 0.6) is 0 Å². The molecule has 7 nitrogen and oxygen atoms in total. The summed E-state index contributed by atoms with van der Waals surface area (Å²) >= 11 is 1.50. The summed E-state index contributed by atoms with van der Waals surface area (Å²) in [5, 5.41) is 9.29. The van der Waals surface area contributed by atoms with Crippen molar-refractivity contribution in [2.45, 2.75) is 25.3 Å². The third-order valence-electron chi connectivity index (χ3n) is 5.57. The zero-order chi connectivity index (χ0) is 22.6. The number of rotatable bonds is 6. The summed E-state index contributed by atoms with van der Waals surface area (Å²) < 4.78 is 6.87. The van der Waals surface area contributed by atoms with E-state index in [1.807, 2.05) is 66.0 Å². The molecule has 2 heterocycles. The Balaban J connectivity index is 1.28. The van der Waals surface area contributed by atoms with Gasteiger partial charge >= 0.3 is 5.97 Å². The number of para-hydroxylation sites is 1. The lowest BCUT2D eigenvalue weighted by atomic mass is 9.88. The molecule has 1 amide bonds. The first-order valence-electron chi connectivity index (χ1n) is 10.8. The summed E-state index contributed by atoms with van der Waals surface area (Å²) in [6.07, 6.45) is 2.89. The first kappa shape index (κ1) is 21.1. The Morgan fingerprint density at radius 2 is 1.88 bits per heavy atom. The molecule has 0 saturated carbocycles. The van der Waals surface area contributed by atoms with Gasteiger partial charge in [-0.2, -0.15) is 4.98 Å². The van der Waals surface area contributed by atoms with Crippen LogP contribution in [0.1, 0.15) is 40.6 Å². The number of carbonyl (C=O) groups is 2. The number of esters is 1. The average molecular weight is 459 g/mol. The zero-order valence-electron chi connectivity index (χ0n) is 17.8. The first-order chi connectivity index (χ1) is 16.2. The van der Waals surface area contributed by atoms with E-state index in [0.717, 1.165) is 35.4 Å². The number of amides is 1. The van der Waals surface area contributed by atoms with Gasteiger partial charge in [0, 0.05) is 0 Å². The highest BCUT2D eigenvalue weighted by molar-refractivity contribution is 7.13. The predicted molar refractivity (Wildman–Crippen MR) is 125 cm³/mol. The fraction of sp³-hybridized carbons (Fsp3) is 0.200. The van der Waals surface area contributed by atoms with Gasteiger partial charge in [0.05, 0.1) is 16.6 Å². The molecule has 1 aliphatic carbocycles. The van der Waals surface area contributed by atoms with E-state index in [-0.39, 0.29) is 24.4 Å². The van der Waals surface area contributed by atoms with Crippen molar-refractivity contribution < 1.29 is 14.3 Å². The molecule has 1 unspecified atom stereocenters. The number of aromatic nitrogens is 3. The summed E-state index contributed by atoms with van der Waals surface area (Å²) in [7, 11) is 0. The Labute approximate surface area is 195 Å². The van der Waals surface area contributed by atoms with Crippen molar-refractivity contribution in [3.8, 4) is 16.4 Å². The van der Waals surface area contributed by atoms with Crippen molar-refractivity contribution >= 4 is 23.2 Å². The molecule has 0 radical (unpaired) electrons. The van der Waals surface area contributed by atoms with Crippen molar-refractivity contribution in [3.05, 3.63) is 89.1 Å².